The summed E-state index contributed by atoms with van der Waals surface area (Å²) in [6, 6.07) is 5.34. The van der Waals surface area contributed by atoms with E-state index in [1.54, 1.807) is 19.1 Å². The highest BCUT2D eigenvalue weighted by molar-refractivity contribution is 5.99. The highest BCUT2D eigenvalue weighted by Crippen LogP contribution is 2.18. The van der Waals surface area contributed by atoms with Crippen molar-refractivity contribution >= 4 is 23.4 Å². The molecule has 0 fully saturated rings. The van der Waals surface area contributed by atoms with E-state index in [2.05, 4.69) is 4.98 Å². The van der Waals surface area contributed by atoms with E-state index >= 15 is 0 Å². The summed E-state index contributed by atoms with van der Waals surface area (Å²) in [6.07, 6.45) is 1.47. The van der Waals surface area contributed by atoms with Gasteiger partial charge in [-0.15, -0.1) is 0 Å². The van der Waals surface area contributed by atoms with Gasteiger partial charge >= 0.3 is 11.7 Å². The quantitative estimate of drug-likeness (QED) is 0.526. The fourth-order valence-electron chi connectivity index (χ4n) is 3.16. The lowest BCUT2D eigenvalue weighted by Gasteiger charge is -2.24. The van der Waals surface area contributed by atoms with Gasteiger partial charge < -0.3 is 15.2 Å². The van der Waals surface area contributed by atoms with Crippen molar-refractivity contribution in [1.82, 2.24) is 9.55 Å². The van der Waals surface area contributed by atoms with Gasteiger partial charge in [0.1, 0.15) is 5.82 Å². The number of unbranched alkanes of at least 4 members (excludes halogenated alkanes) is 1. The number of amides is 1. The number of hydrogen-bond acceptors (Lipinski definition) is 7. The summed E-state index contributed by atoms with van der Waals surface area (Å²) in [6.45, 7) is 5.33. The summed E-state index contributed by atoms with van der Waals surface area (Å²) in [7, 11) is 1.44. The smallest absolute Gasteiger partial charge is 0.338 e. The molecule has 10 nitrogen and oxygen atoms in total. The van der Waals surface area contributed by atoms with Gasteiger partial charge in [-0.3, -0.25) is 24.0 Å². The van der Waals surface area contributed by atoms with Gasteiger partial charge in [0.05, 0.1) is 12.2 Å². The van der Waals surface area contributed by atoms with Gasteiger partial charge in [-0.1, -0.05) is 31.0 Å². The van der Waals surface area contributed by atoms with Crippen LogP contribution in [0.15, 0.2) is 27.8 Å². The lowest BCUT2D eigenvalue weighted by Crippen LogP contribution is -2.44. The SMILES string of the molecule is CCCCn1c(N)c(N(CCOC)C(=O)COC(=O)c2cc(C)ccc2C)c(=O)[nH]c1=O. The number of nitrogens with two attached hydrogens (primary N) is 1. The van der Waals surface area contributed by atoms with E-state index in [1.165, 1.54) is 11.7 Å². The van der Waals surface area contributed by atoms with Crippen molar-refractivity contribution in [2.24, 2.45) is 0 Å². The average Bonchev–Trinajstić information content (AvgIpc) is 2.75. The van der Waals surface area contributed by atoms with E-state index in [9.17, 15) is 19.2 Å². The first-order valence-electron chi connectivity index (χ1n) is 10.4. The maximum Gasteiger partial charge on any atom is 0.338 e. The number of nitrogens with one attached hydrogen (secondary N) is 1. The Morgan fingerprint density at radius 2 is 1.94 bits per heavy atom. The van der Waals surface area contributed by atoms with Crippen molar-refractivity contribution in [3.8, 4) is 0 Å². The minimum absolute atomic E-state index is 0.0182. The Kier molecular flexibility index (Phi) is 8.77. The fraction of sp³-hybridized carbons (Fsp3) is 0.455. The number of carbonyl (C=O) groups is 2. The van der Waals surface area contributed by atoms with E-state index in [1.807, 2.05) is 19.9 Å². The van der Waals surface area contributed by atoms with Gasteiger partial charge in [0.2, 0.25) is 0 Å². The molecule has 1 aromatic heterocycles. The van der Waals surface area contributed by atoms with Gasteiger partial charge in [-0.25, -0.2) is 9.59 Å². The van der Waals surface area contributed by atoms with Crippen LogP contribution in [0.5, 0.6) is 0 Å². The van der Waals surface area contributed by atoms with E-state index < -0.39 is 29.7 Å². The summed E-state index contributed by atoms with van der Waals surface area (Å²) in [5.41, 5.74) is 6.44. The number of nitrogens with zero attached hydrogens (tertiary/aromatic N) is 2. The summed E-state index contributed by atoms with van der Waals surface area (Å²) in [5.74, 6) is -1.45. The van der Waals surface area contributed by atoms with Crippen molar-refractivity contribution < 1.29 is 19.1 Å². The maximum atomic E-state index is 12.9. The highest BCUT2D eigenvalue weighted by atomic mass is 16.5. The van der Waals surface area contributed by atoms with Crippen molar-refractivity contribution in [2.45, 2.75) is 40.2 Å². The minimum atomic E-state index is -0.800. The number of anilines is 2. The van der Waals surface area contributed by atoms with Crippen LogP contribution in [0.4, 0.5) is 11.5 Å². The molecule has 3 N–H and O–H groups in total. The highest BCUT2D eigenvalue weighted by Gasteiger charge is 2.25. The number of rotatable bonds is 10. The van der Waals surface area contributed by atoms with Crippen LogP contribution in [0.25, 0.3) is 0 Å². The second-order valence-corrected chi connectivity index (χ2v) is 7.43. The van der Waals surface area contributed by atoms with Crippen LogP contribution in [-0.4, -0.2) is 48.3 Å². The Morgan fingerprint density at radius 3 is 2.59 bits per heavy atom. The molecule has 0 unspecified atom stereocenters. The predicted molar refractivity (Wildman–Crippen MR) is 121 cm³/mol. The molecule has 0 aliphatic heterocycles. The first-order chi connectivity index (χ1) is 15.2. The molecule has 0 aliphatic rings. The van der Waals surface area contributed by atoms with Crippen LogP contribution in [0.3, 0.4) is 0 Å². The van der Waals surface area contributed by atoms with Gasteiger partial charge in [-0.05, 0) is 31.9 Å². The Balaban J connectivity index is 2.32. The number of nitrogen functional groups attached to an aromatic ring is 1. The maximum absolute atomic E-state index is 12.9. The van der Waals surface area contributed by atoms with Crippen LogP contribution in [0.2, 0.25) is 0 Å². The van der Waals surface area contributed by atoms with Gasteiger partial charge in [0.15, 0.2) is 12.3 Å². The Morgan fingerprint density at radius 1 is 1.22 bits per heavy atom. The average molecular weight is 447 g/mol. The van der Waals surface area contributed by atoms with Crippen molar-refractivity contribution in [1.29, 1.82) is 0 Å². The number of H-pyrrole nitrogens is 1. The zero-order valence-corrected chi connectivity index (χ0v) is 18.9. The molecule has 2 rings (SSSR count). The molecular formula is C22H30N4O6. The van der Waals surface area contributed by atoms with E-state index in [-0.39, 0.29) is 24.7 Å². The van der Waals surface area contributed by atoms with Crippen LogP contribution in [0.1, 0.15) is 41.3 Å². The lowest BCUT2D eigenvalue weighted by atomic mass is 10.1. The molecule has 10 heteroatoms. The van der Waals surface area contributed by atoms with Crippen molar-refractivity contribution in [2.75, 3.05) is 37.5 Å². The molecule has 2 aromatic rings. The molecule has 174 valence electrons. The summed E-state index contributed by atoms with van der Waals surface area (Å²) in [5, 5.41) is 0. The Labute approximate surface area is 185 Å². The van der Waals surface area contributed by atoms with E-state index in [0.717, 1.165) is 16.9 Å². The molecule has 1 amide bonds. The standard InChI is InChI=1S/C22H30N4O6/c1-5-6-9-26-19(23)18(20(28)24-22(26)30)25(10-11-31-4)17(27)13-32-21(29)16-12-14(2)7-8-15(16)3/h7-8,12H,5-6,9-11,13,23H2,1-4H3,(H,24,28,30). The van der Waals surface area contributed by atoms with Crippen LogP contribution >= 0.6 is 0 Å². The van der Waals surface area contributed by atoms with Crippen molar-refractivity contribution in [3.05, 3.63) is 55.7 Å². The zero-order chi connectivity index (χ0) is 23.8. The number of aromatic nitrogens is 2. The topological polar surface area (TPSA) is 137 Å². The molecule has 0 saturated heterocycles. The van der Waals surface area contributed by atoms with Crippen molar-refractivity contribution in [3.63, 3.8) is 0 Å². The summed E-state index contributed by atoms with van der Waals surface area (Å²) >= 11 is 0. The molecule has 0 aliphatic carbocycles. The largest absolute Gasteiger partial charge is 0.452 e. The number of methoxy groups -OCH3 is 1. The van der Waals surface area contributed by atoms with Gasteiger partial charge in [0.25, 0.3) is 11.5 Å². The monoisotopic (exact) mass is 446 g/mol. The van der Waals surface area contributed by atoms with Gasteiger partial charge in [0, 0.05) is 20.2 Å². The number of hydrogen-bond donors (Lipinski definition) is 2. The fourth-order valence-corrected chi connectivity index (χ4v) is 3.16. The number of aryl methyl sites for hydroxylation is 2. The van der Waals surface area contributed by atoms with Crippen LogP contribution < -0.4 is 21.9 Å². The van der Waals surface area contributed by atoms with E-state index in [4.69, 9.17) is 15.2 Å². The summed E-state index contributed by atoms with van der Waals surface area (Å²) < 4.78 is 11.5. The molecule has 0 spiro atoms. The minimum Gasteiger partial charge on any atom is -0.452 e. The molecule has 0 bridgehead atoms. The first kappa shape index (κ1) is 24.9. The molecular weight excluding hydrogens is 416 g/mol. The third kappa shape index (κ3) is 5.85. The third-order valence-corrected chi connectivity index (χ3v) is 4.98. The zero-order valence-electron chi connectivity index (χ0n) is 18.9. The molecule has 0 atom stereocenters. The molecule has 1 aromatic carbocycles. The lowest BCUT2D eigenvalue weighted by molar-refractivity contribution is -0.121. The molecule has 1 heterocycles. The number of ether oxygens (including phenoxy) is 2. The number of aromatic amines is 1. The predicted octanol–water partition coefficient (Wildman–Crippen LogP) is 1.37. The van der Waals surface area contributed by atoms with Crippen LogP contribution in [-0.2, 0) is 20.8 Å². The third-order valence-electron chi connectivity index (χ3n) is 4.98. The van der Waals surface area contributed by atoms with Crippen LogP contribution in [0, 0.1) is 13.8 Å². The number of carbonyl (C=O) groups excluding carboxylic acids is 2. The number of esters is 1. The first-order valence-corrected chi connectivity index (χ1v) is 10.4. The number of benzene rings is 1. The Bertz CT molecular complexity index is 1090. The normalized spacial score (nSPS) is 10.8. The Hall–Kier alpha value is -3.40. The van der Waals surface area contributed by atoms with Gasteiger partial charge in [-0.2, -0.15) is 0 Å². The second-order valence-electron chi connectivity index (χ2n) is 7.43. The molecule has 0 radical (unpaired) electrons. The molecule has 0 saturated carbocycles. The summed E-state index contributed by atoms with van der Waals surface area (Å²) in [4.78, 5) is 53.5. The second kappa shape index (κ2) is 11.3. The molecule has 32 heavy (non-hydrogen) atoms. The van der Waals surface area contributed by atoms with E-state index in [0.29, 0.717) is 24.1 Å².